The maximum Gasteiger partial charge on any atom is 0.326 e. The van der Waals surface area contributed by atoms with Gasteiger partial charge in [-0.1, -0.05) is 134 Å². The molecule has 46 nitrogen and oxygen atoms in total. The van der Waals surface area contributed by atoms with Gasteiger partial charge in [0.05, 0.1) is 32.0 Å². The number of unbranched alkanes of at least 4 members (excludes halogenated alkanes) is 2. The van der Waals surface area contributed by atoms with Gasteiger partial charge in [0.1, 0.15) is 103 Å². The predicted molar refractivity (Wildman–Crippen MR) is 522 cm³/mol. The van der Waals surface area contributed by atoms with Crippen molar-refractivity contribution in [3.63, 3.8) is 0 Å². The van der Waals surface area contributed by atoms with Crippen molar-refractivity contribution in [1.29, 1.82) is 0 Å². The number of rotatable bonds is 61. The Balaban J connectivity index is 1.14. The molecule has 143 heavy (non-hydrogen) atoms. The van der Waals surface area contributed by atoms with E-state index >= 15 is 9.59 Å². The van der Waals surface area contributed by atoms with E-state index in [1.807, 2.05) is 13.8 Å². The smallest absolute Gasteiger partial charge is 0.326 e. The lowest BCUT2D eigenvalue weighted by atomic mass is 9.99. The van der Waals surface area contributed by atoms with E-state index in [1.165, 1.54) is 48.5 Å². The van der Waals surface area contributed by atoms with Crippen molar-refractivity contribution in [2.75, 3.05) is 46.0 Å². The molecule has 0 radical (unpaired) electrons. The van der Waals surface area contributed by atoms with E-state index in [4.69, 9.17) is 11.5 Å². The van der Waals surface area contributed by atoms with Crippen LogP contribution in [0.2, 0.25) is 0 Å². The van der Waals surface area contributed by atoms with Gasteiger partial charge in [0.25, 0.3) is 0 Å². The molecule has 0 saturated carbocycles. The van der Waals surface area contributed by atoms with Crippen molar-refractivity contribution in [1.82, 2.24) is 100 Å². The second-order valence-corrected chi connectivity index (χ2v) is 37.7. The molecule has 19 atom stereocenters. The number of hydrogen-bond donors (Lipinski definition) is 26. The Morgan fingerprint density at radius 3 is 1.21 bits per heavy atom. The number of aliphatic hydroxyl groups is 4. The van der Waals surface area contributed by atoms with Crippen molar-refractivity contribution < 1.29 is 122 Å². The summed E-state index contributed by atoms with van der Waals surface area (Å²) in [5.41, 5.74) is 13.7. The number of carboxylic acid groups (broad SMARTS) is 2. The zero-order valence-electron chi connectivity index (χ0n) is 83.0. The highest BCUT2D eigenvalue weighted by molar-refractivity contribution is 6.02. The molecular weight excluding hydrogens is 1860 g/mol. The number of likely N-dealkylation sites (tertiary alicyclic amines) is 1. The molecule has 4 aromatic rings. The monoisotopic (exact) mass is 2010 g/mol. The van der Waals surface area contributed by atoms with Gasteiger partial charge in [-0.25, -0.2) is 4.79 Å². The number of para-hydroxylation sites is 1. The average molecular weight is 2010 g/mol. The van der Waals surface area contributed by atoms with Gasteiger partial charge < -0.3 is 142 Å². The van der Waals surface area contributed by atoms with E-state index in [1.54, 1.807) is 105 Å². The molecule has 2 aliphatic rings. The second kappa shape index (κ2) is 59.7. The molecule has 2 fully saturated rings. The van der Waals surface area contributed by atoms with Gasteiger partial charge in [-0.2, -0.15) is 0 Å². The molecular formula is C97H147N21O25. The molecule has 2 saturated heterocycles. The van der Waals surface area contributed by atoms with E-state index in [9.17, 15) is 112 Å². The van der Waals surface area contributed by atoms with E-state index < -0.39 is 272 Å². The Morgan fingerprint density at radius 2 is 0.755 bits per heavy atom. The Labute approximate surface area is 830 Å². The zero-order valence-corrected chi connectivity index (χ0v) is 83.0. The number of carbonyl (C=O) groups excluding carboxylic acids is 17. The minimum atomic E-state index is -1.88. The van der Waals surface area contributed by atoms with Crippen LogP contribution in [-0.4, -0.2) is 314 Å². The number of amides is 17. The Kier molecular flexibility index (Phi) is 49.5. The van der Waals surface area contributed by atoms with Gasteiger partial charge in [-0.3, -0.25) is 86.3 Å². The summed E-state index contributed by atoms with van der Waals surface area (Å²) in [6, 6.07) is -3.21. The number of aliphatic carboxylic acids is 2. The average Bonchev–Trinajstić information content (AvgIpc) is 1.69. The highest BCUT2D eigenvalue weighted by Gasteiger charge is 2.43. The quantitative estimate of drug-likeness (QED) is 0.0186. The summed E-state index contributed by atoms with van der Waals surface area (Å²) < 4.78 is 0. The molecule has 0 bridgehead atoms. The van der Waals surface area contributed by atoms with Crippen LogP contribution in [0.1, 0.15) is 183 Å². The summed E-state index contributed by atoms with van der Waals surface area (Å²) in [6.07, 6.45) is 0.925. The first-order valence-electron chi connectivity index (χ1n) is 48.7. The molecule has 0 unspecified atom stereocenters. The summed E-state index contributed by atoms with van der Waals surface area (Å²) in [5.74, 6) is -20.9. The summed E-state index contributed by atoms with van der Waals surface area (Å²) in [7, 11) is 0. The molecule has 46 heteroatoms. The minimum Gasteiger partial charge on any atom is -0.481 e. The Hall–Kier alpha value is -13.2. The normalized spacial score (nSPS) is 17.1. The standard InChI is InChI=1S/C97H147N21O25/c1-51(2)42-67(107-81(126)63-34-24-40-100-63)85(130)106-66(36-37-76(123)124)84(129)104-64(32-20-22-38-98)82(127)102-55(9)80(125)112-74(50-121)92(137)115-78(54(7)8)94(139)116-77(53(5)6)93(138)114-73(49-120)90(135)105-65(33-21-23-39-99)83(128)108-68(43-52(3)4)86(131)109-69(44-58-26-14-12-15-27-58)87(132)110-70(45-59-28-16-13-17-29-59)88(133)113-72(48-119)91(136)111-71(46-60-47-101-62-31-19-18-30-61(60)62)89(134)117-79(57(11)122)95(140)103-56(10)96(141)118-41-25-35-75(118)97(142)143/h12-19,26-31,47,51-57,63-75,77-79,100-101,119-122H,20-25,32-46,48-50,98-99H2,1-11H3,(H,102,127)(H,103,140)(H,104,129)(H,105,135)(H,106,130)(H,107,126)(H,108,128)(H,109,131)(H,110,132)(H,111,136)(H,112,125)(H,113,133)(H,114,138)(H,115,137)(H,116,139)(H,117,134)(H,123,124)(H,142,143)/t55-,56-,57+,63-,64-,65-,66-,67-,68-,69-,70-,71-,72-,73-,74-,75-,77-,78-,79-/m0/s1. The van der Waals surface area contributed by atoms with E-state index in [-0.39, 0.29) is 95.7 Å². The maximum atomic E-state index is 15.2. The third-order valence-electron chi connectivity index (χ3n) is 24.4. The lowest BCUT2D eigenvalue weighted by Crippen LogP contribution is -2.63. The van der Waals surface area contributed by atoms with Crippen LogP contribution in [-0.2, 0) is 110 Å². The second-order valence-electron chi connectivity index (χ2n) is 37.7. The number of fused-ring (bicyclic) bond motifs is 1. The molecule has 790 valence electrons. The topological polar surface area (TPSA) is 721 Å². The zero-order chi connectivity index (χ0) is 106. The van der Waals surface area contributed by atoms with Gasteiger partial charge in [0.15, 0.2) is 0 Å². The highest BCUT2D eigenvalue weighted by Crippen LogP contribution is 2.23. The van der Waals surface area contributed by atoms with Crippen LogP contribution in [0.25, 0.3) is 10.9 Å². The first kappa shape index (κ1) is 119. The van der Waals surface area contributed by atoms with Crippen molar-refractivity contribution >= 4 is 123 Å². The molecule has 28 N–H and O–H groups in total. The third kappa shape index (κ3) is 38.2. The molecule has 3 heterocycles. The lowest BCUT2D eigenvalue weighted by molar-refractivity contribution is -0.149. The lowest BCUT2D eigenvalue weighted by Gasteiger charge is -2.30. The van der Waals surface area contributed by atoms with Crippen LogP contribution < -0.4 is 102 Å². The fourth-order valence-corrected chi connectivity index (χ4v) is 16.3. The number of nitrogens with two attached hydrogens (primary N) is 2. The van der Waals surface area contributed by atoms with Gasteiger partial charge in [0.2, 0.25) is 100 Å². The number of nitrogens with one attached hydrogen (secondary N) is 18. The van der Waals surface area contributed by atoms with Crippen LogP contribution >= 0.6 is 0 Å². The van der Waals surface area contributed by atoms with Gasteiger partial charge in [0, 0.05) is 49.3 Å². The number of aromatic amines is 1. The molecule has 1 aromatic heterocycles. The summed E-state index contributed by atoms with van der Waals surface area (Å²) in [6.45, 7) is 14.6. The van der Waals surface area contributed by atoms with Crippen LogP contribution in [0, 0.1) is 23.7 Å². The predicted octanol–water partition coefficient (Wildman–Crippen LogP) is -4.30. The highest BCUT2D eigenvalue weighted by atomic mass is 16.4. The number of hydrogen-bond acceptors (Lipinski definition) is 26. The number of H-pyrrole nitrogens is 1. The first-order valence-corrected chi connectivity index (χ1v) is 48.7. The molecule has 2 aliphatic heterocycles. The van der Waals surface area contributed by atoms with Crippen LogP contribution in [0.3, 0.4) is 0 Å². The van der Waals surface area contributed by atoms with Crippen LogP contribution in [0.15, 0.2) is 91.1 Å². The Bertz CT molecular complexity index is 4940. The van der Waals surface area contributed by atoms with Crippen molar-refractivity contribution in [3.05, 3.63) is 108 Å². The number of aliphatic hydroxyl groups excluding tert-OH is 4. The molecule has 6 rings (SSSR count). The van der Waals surface area contributed by atoms with Crippen LogP contribution in [0.4, 0.5) is 0 Å². The largest absolute Gasteiger partial charge is 0.481 e. The SMILES string of the molecule is CC(C)C[C@H](NC(=O)[C@@H]1CCCN1)C(=O)N[C@@H](CCC(=O)O)C(=O)N[C@@H](CCCCN)C(=O)N[C@@H](C)C(=O)N[C@@H](CO)C(=O)N[C@H](C(=O)N[C@H](C(=O)N[C@@H](CO)C(=O)N[C@@H](CCCCN)C(=O)N[C@@H](CC(C)C)C(=O)N[C@@H](Cc1ccccc1)C(=O)N[C@@H](Cc1ccccc1)C(=O)N[C@@H](CO)C(=O)N[C@@H](Cc1c[nH]c2ccccc12)C(=O)N[C@H](C(=O)N[C@@H](C)C(=O)N1CCC[C@H]1C(=O)O)[C@@H](C)O)C(C)C)C(C)C. The van der Waals surface area contributed by atoms with Crippen LogP contribution in [0.5, 0.6) is 0 Å². The third-order valence-corrected chi connectivity index (χ3v) is 24.4. The number of carbonyl (C=O) groups is 19. The van der Waals surface area contributed by atoms with Crippen molar-refractivity contribution in [3.8, 4) is 0 Å². The molecule has 17 amide bonds. The van der Waals surface area contributed by atoms with Gasteiger partial charge in [-0.05, 0) is 170 Å². The molecule has 0 spiro atoms. The first-order chi connectivity index (χ1) is 67.8. The van der Waals surface area contributed by atoms with E-state index in [2.05, 4.69) is 95.4 Å². The molecule has 0 aliphatic carbocycles. The number of nitrogens with zero attached hydrogens (tertiary/aromatic N) is 1. The van der Waals surface area contributed by atoms with Gasteiger partial charge >= 0.3 is 11.9 Å². The number of carboxylic acids is 2. The maximum absolute atomic E-state index is 15.2. The fraction of sp³-hybridized carbons (Fsp3) is 0.598. The van der Waals surface area contributed by atoms with E-state index in [0.29, 0.717) is 59.8 Å². The molecule has 3 aromatic carbocycles. The Morgan fingerprint density at radius 1 is 0.385 bits per heavy atom. The summed E-state index contributed by atoms with van der Waals surface area (Å²) in [5, 5.41) is 107. The van der Waals surface area contributed by atoms with Crippen molar-refractivity contribution in [2.45, 2.75) is 300 Å². The fourth-order valence-electron chi connectivity index (χ4n) is 16.3. The minimum absolute atomic E-state index is 0.0677. The number of benzene rings is 3. The summed E-state index contributed by atoms with van der Waals surface area (Å²) >= 11 is 0. The van der Waals surface area contributed by atoms with Crippen molar-refractivity contribution in [2.24, 2.45) is 35.1 Å². The van der Waals surface area contributed by atoms with E-state index in [0.717, 1.165) is 11.3 Å². The summed E-state index contributed by atoms with van der Waals surface area (Å²) in [4.78, 5) is 271. The number of aromatic nitrogens is 1. The van der Waals surface area contributed by atoms with Gasteiger partial charge in [-0.15, -0.1) is 0 Å².